The highest BCUT2D eigenvalue weighted by atomic mass is 16.7. The Morgan fingerprint density at radius 2 is 1.69 bits per heavy atom. The van der Waals surface area contributed by atoms with Crippen molar-refractivity contribution in [1.29, 1.82) is 0 Å². The Hall–Kier alpha value is -4.04. The van der Waals surface area contributed by atoms with Crippen molar-refractivity contribution in [3.05, 3.63) is 83.4 Å². The van der Waals surface area contributed by atoms with Gasteiger partial charge in [0.2, 0.25) is 6.79 Å². The van der Waals surface area contributed by atoms with Crippen molar-refractivity contribution in [3.63, 3.8) is 0 Å². The molecule has 36 heavy (non-hydrogen) atoms. The van der Waals surface area contributed by atoms with Crippen LogP contribution in [-0.2, 0) is 22.6 Å². The maximum absolute atomic E-state index is 12.7. The number of fused-ring (bicyclic) bond motifs is 2. The second-order valence-corrected chi connectivity index (χ2v) is 9.22. The number of benzene rings is 3. The highest BCUT2D eigenvalue weighted by Crippen LogP contribution is 2.34. The molecule has 2 aliphatic rings. The molecule has 0 saturated heterocycles. The molecule has 3 aromatic carbocycles. The summed E-state index contributed by atoms with van der Waals surface area (Å²) in [6, 6.07) is 21.8. The van der Waals surface area contributed by atoms with Gasteiger partial charge in [-0.15, -0.1) is 0 Å². The molecule has 0 bridgehead atoms. The molecule has 0 aromatic heterocycles. The van der Waals surface area contributed by atoms with Crippen LogP contribution in [0.2, 0.25) is 0 Å². The second kappa shape index (κ2) is 10.3. The van der Waals surface area contributed by atoms with E-state index in [0.29, 0.717) is 23.7 Å². The highest BCUT2D eigenvalue weighted by molar-refractivity contribution is 6.39. The molecule has 0 fully saturated rings. The van der Waals surface area contributed by atoms with Crippen LogP contribution in [0, 0.1) is 0 Å². The van der Waals surface area contributed by atoms with E-state index in [1.807, 2.05) is 14.1 Å². The van der Waals surface area contributed by atoms with Gasteiger partial charge in [0.25, 0.3) is 0 Å². The van der Waals surface area contributed by atoms with Gasteiger partial charge in [-0.2, -0.15) is 0 Å². The number of hydrogen-bond donors (Lipinski definition) is 2. The van der Waals surface area contributed by atoms with Crippen molar-refractivity contribution in [2.45, 2.75) is 19.0 Å². The summed E-state index contributed by atoms with van der Waals surface area (Å²) in [5, 5.41) is 5.49. The Kier molecular flexibility index (Phi) is 6.77. The predicted octanol–water partition coefficient (Wildman–Crippen LogP) is 3.34. The molecular weight excluding hydrogens is 456 g/mol. The summed E-state index contributed by atoms with van der Waals surface area (Å²) in [6.07, 6.45) is 0.945. The lowest BCUT2D eigenvalue weighted by Crippen LogP contribution is -2.43. The smallest absolute Gasteiger partial charge is 0.313 e. The zero-order valence-corrected chi connectivity index (χ0v) is 20.5. The first-order chi connectivity index (χ1) is 17.5. The van der Waals surface area contributed by atoms with E-state index in [2.05, 4.69) is 69.0 Å². The van der Waals surface area contributed by atoms with Crippen LogP contribution in [-0.4, -0.2) is 50.7 Å². The molecule has 1 unspecified atom stereocenters. The number of ether oxygens (including phenoxy) is 2. The molecule has 8 heteroatoms. The monoisotopic (exact) mass is 486 g/mol. The number of anilines is 2. The summed E-state index contributed by atoms with van der Waals surface area (Å²) in [4.78, 5) is 29.8. The lowest BCUT2D eigenvalue weighted by Gasteiger charge is -2.36. The molecule has 0 aliphatic carbocycles. The summed E-state index contributed by atoms with van der Waals surface area (Å²) in [5.41, 5.74) is 5.33. The van der Waals surface area contributed by atoms with E-state index in [9.17, 15) is 9.59 Å². The van der Waals surface area contributed by atoms with Crippen LogP contribution < -0.4 is 25.0 Å². The van der Waals surface area contributed by atoms with Gasteiger partial charge in [-0.1, -0.05) is 36.4 Å². The van der Waals surface area contributed by atoms with E-state index in [1.165, 1.54) is 11.1 Å². The van der Waals surface area contributed by atoms with Crippen molar-refractivity contribution in [2.24, 2.45) is 0 Å². The Morgan fingerprint density at radius 1 is 0.944 bits per heavy atom. The normalized spacial score (nSPS) is 15.1. The zero-order chi connectivity index (χ0) is 25.1. The highest BCUT2D eigenvalue weighted by Gasteiger charge is 2.26. The zero-order valence-electron chi connectivity index (χ0n) is 20.5. The molecule has 2 amide bonds. The largest absolute Gasteiger partial charge is 0.454 e. The minimum atomic E-state index is -0.723. The molecule has 1 atom stereocenters. The van der Waals surface area contributed by atoms with Gasteiger partial charge in [-0.3, -0.25) is 14.5 Å². The second-order valence-electron chi connectivity index (χ2n) is 9.22. The van der Waals surface area contributed by atoms with Gasteiger partial charge in [0.15, 0.2) is 11.5 Å². The topological polar surface area (TPSA) is 83.1 Å². The third kappa shape index (κ3) is 5.13. The average molecular weight is 487 g/mol. The van der Waals surface area contributed by atoms with Crippen LogP contribution in [0.1, 0.15) is 22.7 Å². The molecule has 3 aromatic rings. The Bertz CT molecular complexity index is 1260. The van der Waals surface area contributed by atoms with E-state index in [0.717, 1.165) is 30.8 Å². The molecule has 2 aliphatic heterocycles. The summed E-state index contributed by atoms with van der Waals surface area (Å²) >= 11 is 0. The van der Waals surface area contributed by atoms with Crippen molar-refractivity contribution in [3.8, 4) is 11.5 Å². The van der Waals surface area contributed by atoms with Gasteiger partial charge in [0.05, 0.1) is 6.04 Å². The average Bonchev–Trinajstić information content (AvgIpc) is 3.37. The van der Waals surface area contributed by atoms with E-state index in [4.69, 9.17) is 9.47 Å². The van der Waals surface area contributed by atoms with Crippen LogP contribution in [0.3, 0.4) is 0 Å². The number of hydrogen-bond acceptors (Lipinski definition) is 6. The fourth-order valence-electron chi connectivity index (χ4n) is 4.67. The number of rotatable bonds is 6. The third-order valence-electron chi connectivity index (χ3n) is 6.69. The van der Waals surface area contributed by atoms with Crippen molar-refractivity contribution in [1.82, 2.24) is 10.2 Å². The minimum Gasteiger partial charge on any atom is -0.454 e. The molecule has 0 saturated carbocycles. The van der Waals surface area contributed by atoms with E-state index in [-0.39, 0.29) is 12.8 Å². The maximum atomic E-state index is 12.7. The molecule has 0 spiro atoms. The van der Waals surface area contributed by atoms with Gasteiger partial charge in [0, 0.05) is 51.2 Å². The Morgan fingerprint density at radius 3 is 2.47 bits per heavy atom. The lowest BCUT2D eigenvalue weighted by atomic mass is 9.96. The van der Waals surface area contributed by atoms with Gasteiger partial charge in [0.1, 0.15) is 0 Å². The summed E-state index contributed by atoms with van der Waals surface area (Å²) in [5.74, 6) is -0.247. The first kappa shape index (κ1) is 23.7. The van der Waals surface area contributed by atoms with Crippen LogP contribution >= 0.6 is 0 Å². The summed E-state index contributed by atoms with van der Waals surface area (Å²) in [7, 11) is 4.01. The van der Waals surface area contributed by atoms with Crippen molar-refractivity contribution < 1.29 is 19.1 Å². The molecule has 186 valence electrons. The van der Waals surface area contributed by atoms with E-state index < -0.39 is 11.8 Å². The minimum absolute atomic E-state index is 0.0724. The van der Waals surface area contributed by atoms with Crippen LogP contribution in [0.15, 0.2) is 66.7 Å². The number of carbonyl (C=O) groups is 2. The molecule has 0 radical (unpaired) electrons. The van der Waals surface area contributed by atoms with Crippen LogP contribution in [0.25, 0.3) is 0 Å². The summed E-state index contributed by atoms with van der Waals surface area (Å²) in [6.45, 7) is 2.12. The van der Waals surface area contributed by atoms with E-state index >= 15 is 0 Å². The van der Waals surface area contributed by atoms with Crippen LogP contribution in [0.5, 0.6) is 11.5 Å². The SMILES string of the molecule is CN(C)c1ccc(C(CNC(=O)C(=O)Nc2ccc3c(c2)OCO3)N2CCc3ccccc3C2)cc1. The van der Waals surface area contributed by atoms with Gasteiger partial charge < -0.3 is 25.0 Å². The predicted molar refractivity (Wildman–Crippen MR) is 138 cm³/mol. The quantitative estimate of drug-likeness (QED) is 0.520. The van der Waals surface area contributed by atoms with Gasteiger partial charge in [-0.25, -0.2) is 0 Å². The van der Waals surface area contributed by atoms with Crippen molar-refractivity contribution in [2.75, 3.05) is 44.2 Å². The fraction of sp³-hybridized carbons (Fsp3) is 0.286. The number of carbonyl (C=O) groups excluding carboxylic acids is 2. The molecule has 2 N–H and O–H groups in total. The number of nitrogens with zero attached hydrogens (tertiary/aromatic N) is 2. The number of nitrogens with one attached hydrogen (secondary N) is 2. The molecular formula is C28H30N4O4. The van der Waals surface area contributed by atoms with Crippen molar-refractivity contribution >= 4 is 23.2 Å². The molecule has 5 rings (SSSR count). The third-order valence-corrected chi connectivity index (χ3v) is 6.69. The fourth-order valence-corrected chi connectivity index (χ4v) is 4.67. The Balaban J connectivity index is 1.29. The van der Waals surface area contributed by atoms with Gasteiger partial charge >= 0.3 is 11.8 Å². The van der Waals surface area contributed by atoms with Crippen LogP contribution in [0.4, 0.5) is 11.4 Å². The standard InChI is InChI=1S/C28H30N4O4/c1-31(2)23-10-7-20(8-11-23)24(32-14-13-19-5-3-4-6-21(19)17-32)16-29-27(33)28(34)30-22-9-12-25-26(15-22)36-18-35-25/h3-12,15,24H,13-14,16-18H2,1-2H3,(H,29,33)(H,30,34). The maximum Gasteiger partial charge on any atom is 0.313 e. The first-order valence-corrected chi connectivity index (χ1v) is 12.0. The van der Waals surface area contributed by atoms with E-state index in [1.54, 1.807) is 18.2 Å². The van der Waals surface area contributed by atoms with Gasteiger partial charge in [-0.05, 0) is 47.4 Å². The lowest BCUT2D eigenvalue weighted by molar-refractivity contribution is -0.136. The first-order valence-electron chi connectivity index (χ1n) is 12.0. The summed E-state index contributed by atoms with van der Waals surface area (Å²) < 4.78 is 10.6. The Labute approximate surface area is 210 Å². The molecule has 2 heterocycles. The number of amides is 2. The molecule has 8 nitrogen and oxygen atoms in total.